The molecule has 2 aromatic rings. The zero-order valence-electron chi connectivity index (χ0n) is 16.2. The van der Waals surface area contributed by atoms with Gasteiger partial charge in [-0.1, -0.05) is 54.2 Å². The van der Waals surface area contributed by atoms with Crippen LogP contribution >= 0.6 is 23.5 Å². The Labute approximate surface area is 187 Å². The second kappa shape index (κ2) is 8.69. The third-order valence-electron chi connectivity index (χ3n) is 4.08. The first kappa shape index (κ1) is 21.3. The second-order valence-electron chi connectivity index (χ2n) is 6.52. The van der Waals surface area contributed by atoms with Crippen molar-refractivity contribution in [2.24, 2.45) is 10.1 Å². The topological polar surface area (TPSA) is 112 Å². The van der Waals surface area contributed by atoms with Gasteiger partial charge in [-0.3, -0.25) is 10.2 Å². The maximum atomic E-state index is 12.5. The van der Waals surface area contributed by atoms with Gasteiger partial charge in [-0.2, -0.15) is 18.4 Å². The summed E-state index contributed by atoms with van der Waals surface area (Å²) in [6.45, 7) is 0. The van der Waals surface area contributed by atoms with Crippen molar-refractivity contribution >= 4 is 61.0 Å². The van der Waals surface area contributed by atoms with Gasteiger partial charge in [-0.05, 0) is 41.1 Å². The number of benzene rings is 2. The van der Waals surface area contributed by atoms with E-state index in [4.69, 9.17) is 9.59 Å². The number of rotatable bonds is 5. The molecule has 0 bridgehead atoms. The van der Waals surface area contributed by atoms with Crippen molar-refractivity contribution in [3.05, 3.63) is 71.3 Å². The number of amides is 1. The van der Waals surface area contributed by atoms with E-state index in [0.29, 0.717) is 15.1 Å². The van der Waals surface area contributed by atoms with Crippen LogP contribution in [0.3, 0.4) is 0 Å². The van der Waals surface area contributed by atoms with Crippen molar-refractivity contribution in [1.82, 2.24) is 5.01 Å². The fourth-order valence-corrected chi connectivity index (χ4v) is 5.06. The normalized spacial score (nSPS) is 17.5. The van der Waals surface area contributed by atoms with Gasteiger partial charge in [0.25, 0.3) is 5.91 Å². The molecule has 1 amide bonds. The van der Waals surface area contributed by atoms with Crippen molar-refractivity contribution in [3.8, 4) is 5.75 Å². The van der Waals surface area contributed by atoms with Crippen LogP contribution in [0.1, 0.15) is 11.1 Å². The van der Waals surface area contributed by atoms with Crippen molar-refractivity contribution in [2.45, 2.75) is 5.75 Å². The van der Waals surface area contributed by atoms with E-state index in [0.717, 1.165) is 17.6 Å². The van der Waals surface area contributed by atoms with Crippen LogP contribution in [0.5, 0.6) is 5.75 Å². The molecular formula is C20H16N4O4S3. The molecule has 0 atom stereocenters. The number of carbonyl (C=O) groups is 1. The summed E-state index contributed by atoms with van der Waals surface area (Å²) in [6, 6.07) is 16.1. The highest BCUT2D eigenvalue weighted by Crippen LogP contribution is 2.33. The second-order valence-corrected chi connectivity index (χ2v) is 10.3. The molecule has 0 spiro atoms. The summed E-state index contributed by atoms with van der Waals surface area (Å²) in [5, 5.41) is 14.6. The third kappa shape index (κ3) is 5.24. The van der Waals surface area contributed by atoms with E-state index in [1.807, 2.05) is 30.3 Å². The SMILES string of the molecule is CS(=O)(=O)Oc1ccc(/C=C2/C(=N)N3N=C(SCc4ccccc4)SC3=NC2=O)cc1. The monoisotopic (exact) mass is 472 g/mol. The summed E-state index contributed by atoms with van der Waals surface area (Å²) < 4.78 is 27.9. The summed E-state index contributed by atoms with van der Waals surface area (Å²) in [5.41, 5.74) is 1.85. The Kier molecular flexibility index (Phi) is 5.99. The molecule has 0 unspecified atom stereocenters. The number of amidine groups is 2. The van der Waals surface area contributed by atoms with Crippen LogP contribution in [0.4, 0.5) is 0 Å². The number of nitrogens with zero attached hydrogens (tertiary/aromatic N) is 3. The summed E-state index contributed by atoms with van der Waals surface area (Å²) in [7, 11) is -3.62. The van der Waals surface area contributed by atoms with E-state index >= 15 is 0 Å². The van der Waals surface area contributed by atoms with Gasteiger partial charge in [-0.15, -0.1) is 5.10 Å². The summed E-state index contributed by atoms with van der Waals surface area (Å²) in [5.74, 6) is 0.300. The molecule has 2 heterocycles. The van der Waals surface area contributed by atoms with Crippen LogP contribution in [-0.4, -0.2) is 41.0 Å². The number of hydrazone groups is 1. The Morgan fingerprint density at radius 1 is 1.16 bits per heavy atom. The minimum absolute atomic E-state index is 0.0609. The van der Waals surface area contributed by atoms with Crippen molar-refractivity contribution in [2.75, 3.05) is 6.26 Å². The number of aliphatic imine (C=N–C) groups is 1. The third-order valence-corrected chi connectivity index (χ3v) is 6.69. The van der Waals surface area contributed by atoms with E-state index in [2.05, 4.69) is 10.1 Å². The van der Waals surface area contributed by atoms with Crippen LogP contribution in [0, 0.1) is 5.41 Å². The number of fused-ring (bicyclic) bond motifs is 1. The molecule has 2 aliphatic heterocycles. The molecule has 8 nitrogen and oxygen atoms in total. The van der Waals surface area contributed by atoms with Crippen LogP contribution < -0.4 is 4.18 Å². The standard InChI is InChI=1S/C20H16N4O4S3/c1-31(26,27)28-15-9-7-13(8-10-15)11-16-17(21)24-19(22-18(16)25)30-20(23-24)29-12-14-5-3-2-4-6-14/h2-11,21H,12H2,1H3/b16-11-,21-17?. The van der Waals surface area contributed by atoms with E-state index in [1.165, 1.54) is 46.7 Å². The number of hydrogen-bond acceptors (Lipinski definition) is 8. The molecule has 0 aliphatic carbocycles. The maximum Gasteiger partial charge on any atom is 0.306 e. The van der Waals surface area contributed by atoms with E-state index in [9.17, 15) is 13.2 Å². The molecule has 31 heavy (non-hydrogen) atoms. The first-order valence-corrected chi connectivity index (χ1v) is 12.6. The summed E-state index contributed by atoms with van der Waals surface area (Å²) in [6.07, 6.45) is 2.48. The van der Waals surface area contributed by atoms with Gasteiger partial charge in [0, 0.05) is 5.75 Å². The van der Waals surface area contributed by atoms with Gasteiger partial charge in [0.15, 0.2) is 10.2 Å². The van der Waals surface area contributed by atoms with Gasteiger partial charge in [0.1, 0.15) is 5.75 Å². The Morgan fingerprint density at radius 3 is 2.55 bits per heavy atom. The highest BCUT2D eigenvalue weighted by Gasteiger charge is 2.35. The number of hydrogen-bond donors (Lipinski definition) is 1. The first-order valence-electron chi connectivity index (χ1n) is 8.95. The van der Waals surface area contributed by atoms with E-state index in [-0.39, 0.29) is 17.2 Å². The predicted octanol–water partition coefficient (Wildman–Crippen LogP) is 3.54. The lowest BCUT2D eigenvalue weighted by Gasteiger charge is -2.20. The lowest BCUT2D eigenvalue weighted by molar-refractivity contribution is -0.114. The highest BCUT2D eigenvalue weighted by atomic mass is 32.2. The summed E-state index contributed by atoms with van der Waals surface area (Å²) in [4.78, 5) is 16.6. The molecule has 0 saturated carbocycles. The van der Waals surface area contributed by atoms with Crippen LogP contribution in [0.25, 0.3) is 6.08 Å². The molecule has 11 heteroatoms. The van der Waals surface area contributed by atoms with Crippen LogP contribution in [0.2, 0.25) is 0 Å². The quantitative estimate of drug-likeness (QED) is 0.523. The Balaban J connectivity index is 1.50. The van der Waals surface area contributed by atoms with Crippen LogP contribution in [-0.2, 0) is 20.7 Å². The Hall–Kier alpha value is -2.89. The fourth-order valence-electron chi connectivity index (χ4n) is 2.71. The molecule has 0 radical (unpaired) electrons. The molecule has 158 valence electrons. The summed E-state index contributed by atoms with van der Waals surface area (Å²) >= 11 is 2.78. The van der Waals surface area contributed by atoms with Gasteiger partial charge in [0.05, 0.1) is 11.8 Å². The zero-order valence-corrected chi connectivity index (χ0v) is 18.6. The highest BCUT2D eigenvalue weighted by molar-refractivity contribution is 8.45. The largest absolute Gasteiger partial charge is 0.383 e. The molecule has 2 aliphatic rings. The van der Waals surface area contributed by atoms with Crippen molar-refractivity contribution in [1.29, 1.82) is 5.41 Å². The Bertz CT molecular complexity index is 1240. The average Bonchev–Trinajstić information content (AvgIpc) is 3.13. The minimum atomic E-state index is -3.62. The van der Waals surface area contributed by atoms with E-state index < -0.39 is 16.0 Å². The van der Waals surface area contributed by atoms with Crippen LogP contribution in [0.15, 0.2) is 70.3 Å². The smallest absolute Gasteiger partial charge is 0.306 e. The lowest BCUT2D eigenvalue weighted by Crippen LogP contribution is -2.35. The fraction of sp³-hybridized carbons (Fsp3) is 0.100. The Morgan fingerprint density at radius 2 is 1.87 bits per heavy atom. The van der Waals surface area contributed by atoms with Gasteiger partial charge in [-0.25, -0.2) is 0 Å². The number of carbonyl (C=O) groups excluding carboxylic acids is 1. The molecule has 2 aromatic carbocycles. The van der Waals surface area contributed by atoms with E-state index in [1.54, 1.807) is 12.1 Å². The molecule has 1 N–H and O–H groups in total. The molecular weight excluding hydrogens is 456 g/mol. The maximum absolute atomic E-state index is 12.5. The average molecular weight is 473 g/mol. The van der Waals surface area contributed by atoms with Gasteiger partial charge in [0.2, 0.25) is 5.17 Å². The first-order chi connectivity index (χ1) is 14.8. The molecule has 0 saturated heterocycles. The molecule has 0 fully saturated rings. The molecule has 4 rings (SSSR count). The lowest BCUT2D eigenvalue weighted by atomic mass is 10.1. The van der Waals surface area contributed by atoms with Crippen molar-refractivity contribution in [3.63, 3.8) is 0 Å². The van der Waals surface area contributed by atoms with Gasteiger partial charge >= 0.3 is 10.1 Å². The minimum Gasteiger partial charge on any atom is -0.383 e. The van der Waals surface area contributed by atoms with Crippen molar-refractivity contribution < 1.29 is 17.4 Å². The number of nitrogens with one attached hydrogen (secondary N) is 1. The van der Waals surface area contributed by atoms with Gasteiger partial charge < -0.3 is 4.18 Å². The zero-order chi connectivity index (χ0) is 22.0. The number of thioether (sulfide) groups is 2. The molecule has 0 aromatic heterocycles. The predicted molar refractivity (Wildman–Crippen MR) is 125 cm³/mol.